The molecule has 0 radical (unpaired) electrons. The molecule has 1 saturated heterocycles. The highest BCUT2D eigenvalue weighted by Crippen LogP contribution is 2.38. The minimum absolute atomic E-state index is 0.246. The van der Waals surface area contributed by atoms with Crippen LogP contribution in [0.5, 0.6) is 5.75 Å². The molecular formula is C29H32O5. The summed E-state index contributed by atoms with van der Waals surface area (Å²) < 4.78 is 22.9. The van der Waals surface area contributed by atoms with E-state index in [0.717, 1.165) is 36.1 Å². The van der Waals surface area contributed by atoms with Crippen LogP contribution in [0.2, 0.25) is 0 Å². The van der Waals surface area contributed by atoms with Crippen molar-refractivity contribution in [2.45, 2.75) is 57.8 Å². The van der Waals surface area contributed by atoms with Gasteiger partial charge in [-0.3, -0.25) is 4.79 Å². The van der Waals surface area contributed by atoms with E-state index in [-0.39, 0.29) is 11.9 Å². The smallest absolute Gasteiger partial charge is 0.314 e. The molecule has 0 amide bonds. The lowest BCUT2D eigenvalue weighted by Gasteiger charge is -2.30. The van der Waals surface area contributed by atoms with Crippen LogP contribution < -0.4 is 4.74 Å². The van der Waals surface area contributed by atoms with Gasteiger partial charge in [0.1, 0.15) is 12.4 Å². The number of carbonyl (C=O) groups excluding carboxylic acids is 1. The summed E-state index contributed by atoms with van der Waals surface area (Å²) in [5.41, 5.74) is 4.54. The van der Waals surface area contributed by atoms with Gasteiger partial charge in [-0.25, -0.2) is 0 Å². The maximum atomic E-state index is 12.3. The van der Waals surface area contributed by atoms with Crippen molar-refractivity contribution in [3.63, 3.8) is 0 Å². The average molecular weight is 461 g/mol. The molecule has 0 saturated carbocycles. The lowest BCUT2D eigenvalue weighted by molar-refractivity contribution is -0.159. The maximum Gasteiger partial charge on any atom is 0.314 e. The van der Waals surface area contributed by atoms with Crippen molar-refractivity contribution in [3.05, 3.63) is 71.3 Å². The second-order valence-electron chi connectivity index (χ2n) is 8.53. The van der Waals surface area contributed by atoms with Crippen LogP contribution in [-0.4, -0.2) is 31.6 Å². The zero-order valence-corrected chi connectivity index (χ0v) is 20.0. The summed E-state index contributed by atoms with van der Waals surface area (Å²) in [6, 6.07) is 16.1. The Morgan fingerprint density at radius 2 is 1.94 bits per heavy atom. The molecule has 1 fully saturated rings. The lowest BCUT2D eigenvalue weighted by Crippen LogP contribution is -2.31. The number of ether oxygens (including phenoxy) is 4. The number of allylic oxidation sites excluding steroid dienone is 1. The molecule has 178 valence electrons. The van der Waals surface area contributed by atoms with Crippen LogP contribution in [0.4, 0.5) is 0 Å². The van der Waals surface area contributed by atoms with Crippen LogP contribution in [0.15, 0.2) is 54.6 Å². The highest BCUT2D eigenvalue weighted by atomic mass is 16.7. The van der Waals surface area contributed by atoms with Gasteiger partial charge in [0.2, 0.25) is 0 Å². The zero-order chi connectivity index (χ0) is 23.8. The molecule has 2 aromatic rings. The van der Waals surface area contributed by atoms with Crippen molar-refractivity contribution in [2.75, 3.05) is 19.8 Å². The quantitative estimate of drug-likeness (QED) is 0.377. The Morgan fingerprint density at radius 3 is 2.62 bits per heavy atom. The number of esters is 1. The first-order valence-corrected chi connectivity index (χ1v) is 12.0. The average Bonchev–Trinajstić information content (AvgIpc) is 3.32. The maximum absolute atomic E-state index is 12.3. The molecule has 0 bridgehead atoms. The van der Waals surface area contributed by atoms with Crippen molar-refractivity contribution in [1.29, 1.82) is 0 Å². The highest BCUT2D eigenvalue weighted by Gasteiger charge is 2.37. The third-order valence-corrected chi connectivity index (χ3v) is 6.29. The van der Waals surface area contributed by atoms with Gasteiger partial charge in [0, 0.05) is 19.3 Å². The zero-order valence-electron chi connectivity index (χ0n) is 20.0. The number of hydrogen-bond acceptors (Lipinski definition) is 5. The summed E-state index contributed by atoms with van der Waals surface area (Å²) in [5.74, 6) is 5.58. The predicted molar refractivity (Wildman–Crippen MR) is 131 cm³/mol. The first kappa shape index (κ1) is 24.1. The van der Waals surface area contributed by atoms with Crippen LogP contribution in [0, 0.1) is 11.8 Å². The van der Waals surface area contributed by atoms with Crippen LogP contribution >= 0.6 is 0 Å². The summed E-state index contributed by atoms with van der Waals surface area (Å²) in [7, 11) is 0. The van der Waals surface area contributed by atoms with E-state index in [1.165, 1.54) is 11.1 Å². The number of carbonyl (C=O) groups is 1. The Kier molecular flexibility index (Phi) is 8.05. The van der Waals surface area contributed by atoms with Gasteiger partial charge < -0.3 is 18.9 Å². The lowest BCUT2D eigenvalue weighted by atomic mass is 9.89. The van der Waals surface area contributed by atoms with Gasteiger partial charge in [0.05, 0.1) is 25.7 Å². The molecule has 5 heteroatoms. The van der Waals surface area contributed by atoms with Crippen LogP contribution in [0.1, 0.15) is 62.1 Å². The van der Waals surface area contributed by atoms with Crippen molar-refractivity contribution in [2.24, 2.45) is 0 Å². The molecule has 1 spiro atoms. The van der Waals surface area contributed by atoms with Crippen LogP contribution in [-0.2, 0) is 25.6 Å². The molecule has 1 heterocycles. The topological polar surface area (TPSA) is 54.0 Å². The Bertz CT molecular complexity index is 1070. The third-order valence-electron chi connectivity index (χ3n) is 6.29. The molecule has 1 atom stereocenters. The molecule has 1 aliphatic carbocycles. The van der Waals surface area contributed by atoms with E-state index in [9.17, 15) is 4.79 Å². The van der Waals surface area contributed by atoms with Crippen molar-refractivity contribution >= 4 is 11.5 Å². The number of hydrogen-bond donors (Lipinski definition) is 0. The van der Waals surface area contributed by atoms with E-state index in [4.69, 9.17) is 18.9 Å². The van der Waals surface area contributed by atoms with Crippen molar-refractivity contribution in [1.82, 2.24) is 0 Å². The summed E-state index contributed by atoms with van der Waals surface area (Å²) in [5, 5.41) is 0. The molecule has 2 aromatic carbocycles. The van der Waals surface area contributed by atoms with Gasteiger partial charge in [0.25, 0.3) is 0 Å². The normalized spacial score (nSPS) is 17.4. The predicted octanol–water partition coefficient (Wildman–Crippen LogP) is 5.64. The van der Waals surface area contributed by atoms with Gasteiger partial charge in [-0.05, 0) is 60.7 Å². The minimum atomic E-state index is -0.397. The standard InChI is InChI=1S/C29H32O5/c1-3-5-9-27(28(30)31-4-2)24-10-12-26(13-11-24)32-21-22-7-6-8-25(20-22)23-14-16-29(17-15-23)33-18-19-34-29/h6-8,10-14,20,27H,4,9,15-19,21H2,1-2H3. The van der Waals surface area contributed by atoms with E-state index in [0.29, 0.717) is 32.8 Å². The molecule has 1 unspecified atom stereocenters. The first-order chi connectivity index (χ1) is 16.6. The van der Waals surface area contributed by atoms with Crippen molar-refractivity contribution < 1.29 is 23.7 Å². The fraction of sp³-hybridized carbons (Fsp3) is 0.414. The summed E-state index contributed by atoms with van der Waals surface area (Å²) in [6.45, 7) is 5.79. The largest absolute Gasteiger partial charge is 0.489 e. The second-order valence-corrected chi connectivity index (χ2v) is 8.53. The third kappa shape index (κ3) is 5.88. The molecule has 34 heavy (non-hydrogen) atoms. The van der Waals surface area contributed by atoms with Crippen LogP contribution in [0.3, 0.4) is 0 Å². The fourth-order valence-electron chi connectivity index (χ4n) is 4.44. The van der Waals surface area contributed by atoms with E-state index in [1.807, 2.05) is 31.2 Å². The first-order valence-electron chi connectivity index (χ1n) is 12.0. The molecule has 2 aliphatic rings. The van der Waals surface area contributed by atoms with Gasteiger partial charge in [-0.15, -0.1) is 11.8 Å². The molecule has 1 aliphatic heterocycles. The van der Waals surface area contributed by atoms with Gasteiger partial charge >= 0.3 is 5.97 Å². The van der Waals surface area contributed by atoms with Crippen molar-refractivity contribution in [3.8, 4) is 17.6 Å². The van der Waals surface area contributed by atoms with E-state index in [2.05, 4.69) is 42.2 Å². The molecule has 5 nitrogen and oxygen atoms in total. The van der Waals surface area contributed by atoms with Gasteiger partial charge in [0.15, 0.2) is 5.79 Å². The molecular weight excluding hydrogens is 428 g/mol. The van der Waals surface area contributed by atoms with Gasteiger partial charge in [-0.1, -0.05) is 36.4 Å². The SMILES string of the molecule is CC#CCC(C(=O)OCC)c1ccc(OCc2cccc(C3=CCC4(CC3)OCCO4)c2)cc1. The Morgan fingerprint density at radius 1 is 1.15 bits per heavy atom. The van der Waals surface area contributed by atoms with Crippen LogP contribution in [0.25, 0.3) is 5.57 Å². The summed E-state index contributed by atoms with van der Waals surface area (Å²) in [6.07, 6.45) is 5.32. The van der Waals surface area contributed by atoms with Gasteiger partial charge in [-0.2, -0.15) is 0 Å². The minimum Gasteiger partial charge on any atom is -0.489 e. The second kappa shape index (κ2) is 11.4. The molecule has 4 rings (SSSR count). The number of rotatable bonds is 8. The highest BCUT2D eigenvalue weighted by molar-refractivity contribution is 5.78. The Balaban J connectivity index is 1.37. The van der Waals surface area contributed by atoms with E-state index < -0.39 is 5.79 Å². The Hall–Kier alpha value is -3.07. The molecule has 0 aromatic heterocycles. The fourth-order valence-corrected chi connectivity index (χ4v) is 4.44. The monoisotopic (exact) mass is 460 g/mol. The Labute approximate surface area is 202 Å². The van der Waals surface area contributed by atoms with E-state index >= 15 is 0 Å². The number of benzene rings is 2. The summed E-state index contributed by atoms with van der Waals surface area (Å²) in [4.78, 5) is 12.3. The summed E-state index contributed by atoms with van der Waals surface area (Å²) >= 11 is 0. The van der Waals surface area contributed by atoms with E-state index in [1.54, 1.807) is 6.92 Å². The molecule has 0 N–H and O–H groups in total.